The molecule has 0 radical (unpaired) electrons. The van der Waals surface area contributed by atoms with E-state index in [0.717, 1.165) is 5.69 Å². The van der Waals surface area contributed by atoms with Gasteiger partial charge in [-0.1, -0.05) is 0 Å². The van der Waals surface area contributed by atoms with Crippen molar-refractivity contribution in [2.75, 3.05) is 0 Å². The van der Waals surface area contributed by atoms with Crippen LogP contribution in [0.4, 0.5) is 0 Å². The molecule has 0 aliphatic heterocycles. The molecule has 15 heavy (non-hydrogen) atoms. The van der Waals surface area contributed by atoms with Crippen molar-refractivity contribution in [1.29, 1.82) is 0 Å². The number of aromatic nitrogens is 2. The van der Waals surface area contributed by atoms with Crippen molar-refractivity contribution in [3.8, 4) is 0 Å². The number of carboxylic acids is 1. The molecule has 0 bridgehead atoms. The summed E-state index contributed by atoms with van der Waals surface area (Å²) in [6.07, 6.45) is 1.90. The van der Waals surface area contributed by atoms with Crippen LogP contribution in [0.15, 0.2) is 12.3 Å². The van der Waals surface area contributed by atoms with Crippen LogP contribution in [0.25, 0.3) is 0 Å². The number of carbonyl (C=O) groups is 1. The molecule has 5 heteroatoms. The molecule has 0 amide bonds. The van der Waals surface area contributed by atoms with Crippen LogP contribution in [0.5, 0.6) is 0 Å². The minimum Gasteiger partial charge on any atom is -0.480 e. The SMILES string of the molecule is CC(C)n1ccc(CN[C@@H](C)C(=O)O)n1. The molecule has 0 spiro atoms. The van der Waals surface area contributed by atoms with Crippen molar-refractivity contribution in [2.45, 2.75) is 39.4 Å². The smallest absolute Gasteiger partial charge is 0.320 e. The fourth-order valence-electron chi connectivity index (χ4n) is 1.10. The zero-order valence-electron chi connectivity index (χ0n) is 9.27. The Labute approximate surface area is 89.1 Å². The second kappa shape index (κ2) is 4.93. The van der Waals surface area contributed by atoms with Crippen molar-refractivity contribution >= 4 is 5.97 Å². The van der Waals surface area contributed by atoms with E-state index >= 15 is 0 Å². The van der Waals surface area contributed by atoms with Crippen molar-refractivity contribution in [3.05, 3.63) is 18.0 Å². The average molecular weight is 211 g/mol. The van der Waals surface area contributed by atoms with E-state index in [2.05, 4.69) is 10.4 Å². The fourth-order valence-corrected chi connectivity index (χ4v) is 1.10. The Morgan fingerprint density at radius 2 is 2.27 bits per heavy atom. The summed E-state index contributed by atoms with van der Waals surface area (Å²) in [6, 6.07) is 1.67. The summed E-state index contributed by atoms with van der Waals surface area (Å²) >= 11 is 0. The minimum absolute atomic E-state index is 0.329. The molecule has 2 N–H and O–H groups in total. The third-order valence-electron chi connectivity index (χ3n) is 2.15. The summed E-state index contributed by atoms with van der Waals surface area (Å²) in [4.78, 5) is 10.5. The van der Waals surface area contributed by atoms with Crippen LogP contribution in [0.2, 0.25) is 0 Å². The predicted molar refractivity (Wildman–Crippen MR) is 56.5 cm³/mol. The molecule has 1 heterocycles. The Kier molecular flexibility index (Phi) is 3.85. The lowest BCUT2D eigenvalue weighted by Gasteiger charge is -2.07. The lowest BCUT2D eigenvalue weighted by atomic mass is 10.3. The topological polar surface area (TPSA) is 67.2 Å². The highest BCUT2D eigenvalue weighted by Crippen LogP contribution is 2.03. The number of carboxylic acid groups (broad SMARTS) is 1. The first kappa shape index (κ1) is 11.7. The molecule has 0 fully saturated rings. The first-order valence-corrected chi connectivity index (χ1v) is 5.01. The summed E-state index contributed by atoms with van der Waals surface area (Å²) in [7, 11) is 0. The monoisotopic (exact) mass is 211 g/mol. The van der Waals surface area contributed by atoms with Crippen molar-refractivity contribution in [1.82, 2.24) is 15.1 Å². The standard InChI is InChI=1S/C10H17N3O2/c1-7(2)13-5-4-9(12-13)6-11-8(3)10(14)15/h4-5,7-8,11H,6H2,1-3H3,(H,14,15)/t8-/m0/s1. The number of hydrogen-bond donors (Lipinski definition) is 2. The van der Waals surface area contributed by atoms with Crippen LogP contribution in [0.1, 0.15) is 32.5 Å². The largest absolute Gasteiger partial charge is 0.480 e. The van der Waals surface area contributed by atoms with E-state index < -0.39 is 12.0 Å². The Morgan fingerprint density at radius 1 is 1.60 bits per heavy atom. The fraction of sp³-hybridized carbons (Fsp3) is 0.600. The number of nitrogens with one attached hydrogen (secondary N) is 1. The Balaban J connectivity index is 2.47. The summed E-state index contributed by atoms with van der Waals surface area (Å²) in [6.45, 7) is 6.18. The number of hydrogen-bond acceptors (Lipinski definition) is 3. The van der Waals surface area contributed by atoms with Gasteiger partial charge >= 0.3 is 5.97 Å². The molecule has 0 aliphatic rings. The molecule has 0 unspecified atom stereocenters. The zero-order chi connectivity index (χ0) is 11.4. The van der Waals surface area contributed by atoms with Gasteiger partial charge in [-0.25, -0.2) is 0 Å². The van der Waals surface area contributed by atoms with E-state index in [1.54, 1.807) is 6.92 Å². The van der Waals surface area contributed by atoms with E-state index in [4.69, 9.17) is 5.11 Å². The third-order valence-corrected chi connectivity index (χ3v) is 2.15. The van der Waals surface area contributed by atoms with Gasteiger partial charge in [0.1, 0.15) is 6.04 Å². The van der Waals surface area contributed by atoms with E-state index in [-0.39, 0.29) is 0 Å². The Morgan fingerprint density at radius 3 is 2.73 bits per heavy atom. The summed E-state index contributed by atoms with van der Waals surface area (Å²) in [5.74, 6) is -0.849. The highest BCUT2D eigenvalue weighted by Gasteiger charge is 2.10. The van der Waals surface area contributed by atoms with Gasteiger partial charge in [-0.2, -0.15) is 5.10 Å². The molecule has 1 aromatic rings. The molecule has 0 aromatic carbocycles. The Hall–Kier alpha value is -1.36. The van der Waals surface area contributed by atoms with Crippen LogP contribution < -0.4 is 5.32 Å². The number of aliphatic carboxylic acids is 1. The van der Waals surface area contributed by atoms with Crippen LogP contribution in [0.3, 0.4) is 0 Å². The first-order chi connectivity index (χ1) is 7.00. The van der Waals surface area contributed by atoms with Crippen molar-refractivity contribution < 1.29 is 9.90 Å². The van der Waals surface area contributed by atoms with E-state index in [0.29, 0.717) is 12.6 Å². The summed E-state index contributed by atoms with van der Waals surface area (Å²) < 4.78 is 1.85. The lowest BCUT2D eigenvalue weighted by molar-refractivity contribution is -0.139. The maximum atomic E-state index is 10.5. The molecular weight excluding hydrogens is 194 g/mol. The first-order valence-electron chi connectivity index (χ1n) is 5.01. The zero-order valence-corrected chi connectivity index (χ0v) is 9.27. The van der Waals surface area contributed by atoms with Crippen LogP contribution in [-0.4, -0.2) is 26.9 Å². The summed E-state index contributed by atoms with van der Waals surface area (Å²) in [5.41, 5.74) is 0.858. The van der Waals surface area contributed by atoms with Gasteiger partial charge in [0, 0.05) is 18.8 Å². The molecule has 0 saturated heterocycles. The van der Waals surface area contributed by atoms with E-state index in [9.17, 15) is 4.79 Å². The van der Waals surface area contributed by atoms with Gasteiger partial charge in [-0.05, 0) is 26.8 Å². The molecule has 84 valence electrons. The van der Waals surface area contributed by atoms with E-state index in [1.807, 2.05) is 30.8 Å². The van der Waals surface area contributed by atoms with Gasteiger partial charge in [0.05, 0.1) is 5.69 Å². The quantitative estimate of drug-likeness (QED) is 0.763. The van der Waals surface area contributed by atoms with Gasteiger partial charge in [-0.15, -0.1) is 0 Å². The molecular formula is C10H17N3O2. The van der Waals surface area contributed by atoms with Crippen LogP contribution in [-0.2, 0) is 11.3 Å². The van der Waals surface area contributed by atoms with Crippen LogP contribution in [0, 0.1) is 0 Å². The van der Waals surface area contributed by atoms with E-state index in [1.165, 1.54) is 0 Å². The molecule has 1 aromatic heterocycles. The molecule has 0 saturated carbocycles. The summed E-state index contributed by atoms with van der Waals surface area (Å²) in [5, 5.41) is 15.8. The van der Waals surface area contributed by atoms with Crippen LogP contribution >= 0.6 is 0 Å². The molecule has 5 nitrogen and oxygen atoms in total. The minimum atomic E-state index is -0.849. The number of nitrogens with zero attached hydrogens (tertiary/aromatic N) is 2. The van der Waals surface area contributed by atoms with Gasteiger partial charge in [0.2, 0.25) is 0 Å². The molecule has 0 aliphatic carbocycles. The van der Waals surface area contributed by atoms with Gasteiger partial charge in [0.25, 0.3) is 0 Å². The molecule has 1 atom stereocenters. The normalized spacial score (nSPS) is 13.1. The second-order valence-electron chi connectivity index (χ2n) is 3.82. The maximum Gasteiger partial charge on any atom is 0.320 e. The van der Waals surface area contributed by atoms with Gasteiger partial charge in [0.15, 0.2) is 0 Å². The average Bonchev–Trinajstić information content (AvgIpc) is 2.62. The maximum absolute atomic E-state index is 10.5. The van der Waals surface area contributed by atoms with Gasteiger partial charge < -0.3 is 5.11 Å². The van der Waals surface area contributed by atoms with Crippen molar-refractivity contribution in [3.63, 3.8) is 0 Å². The molecule has 1 rings (SSSR count). The lowest BCUT2D eigenvalue weighted by Crippen LogP contribution is -2.33. The second-order valence-corrected chi connectivity index (χ2v) is 3.82. The third kappa shape index (κ3) is 3.36. The van der Waals surface area contributed by atoms with Crippen molar-refractivity contribution in [2.24, 2.45) is 0 Å². The predicted octanol–water partition coefficient (Wildman–Crippen LogP) is 1.03. The Bertz CT molecular complexity index is 333. The highest BCUT2D eigenvalue weighted by atomic mass is 16.4. The van der Waals surface area contributed by atoms with Gasteiger partial charge in [-0.3, -0.25) is 14.8 Å². The highest BCUT2D eigenvalue weighted by molar-refractivity contribution is 5.72. The number of rotatable bonds is 5.